The molecule has 0 spiro atoms. The van der Waals surface area contributed by atoms with Crippen molar-refractivity contribution in [1.82, 2.24) is 10.2 Å². The van der Waals surface area contributed by atoms with Gasteiger partial charge in [0.25, 0.3) is 10.0 Å². The maximum absolute atomic E-state index is 12.2. The summed E-state index contributed by atoms with van der Waals surface area (Å²) >= 11 is 2.89. The number of rotatable bonds is 5. The number of hydrogen-bond donors (Lipinski definition) is 3. The smallest absolute Gasteiger partial charge is 0.371 e. The number of carboxylic acids is 1. The summed E-state index contributed by atoms with van der Waals surface area (Å²) in [5.41, 5.74) is 0.687. The molecule has 0 aliphatic rings. The van der Waals surface area contributed by atoms with Crippen molar-refractivity contribution in [2.24, 2.45) is 0 Å². The lowest BCUT2D eigenvalue weighted by molar-refractivity contribution is 0.0661. The number of halogens is 1. The fraction of sp³-hybridized carbons (Fsp3) is 0.200. The van der Waals surface area contributed by atoms with Crippen LogP contribution in [0.4, 0.5) is 5.82 Å². The minimum Gasteiger partial charge on any atom is -0.475 e. The van der Waals surface area contributed by atoms with Crippen molar-refractivity contribution in [2.75, 3.05) is 4.72 Å². The molecule has 0 bridgehead atoms. The van der Waals surface area contributed by atoms with Crippen LogP contribution in [-0.2, 0) is 16.4 Å². The molecule has 0 aromatic carbocycles. The van der Waals surface area contributed by atoms with E-state index in [-0.39, 0.29) is 15.4 Å². The summed E-state index contributed by atoms with van der Waals surface area (Å²) in [6.07, 6.45) is 2.09. The maximum Gasteiger partial charge on any atom is 0.371 e. The number of nitrogens with one attached hydrogen (secondary N) is 2. The number of nitrogens with zero attached hydrogens (tertiary/aromatic N) is 1. The minimum atomic E-state index is -3.98. The third-order valence-electron chi connectivity index (χ3n) is 2.49. The van der Waals surface area contributed by atoms with Gasteiger partial charge in [0.2, 0.25) is 5.76 Å². The predicted molar refractivity (Wildman–Crippen MR) is 72.1 cm³/mol. The monoisotopic (exact) mass is 363 g/mol. The van der Waals surface area contributed by atoms with Gasteiger partial charge in [-0.05, 0) is 22.4 Å². The highest BCUT2D eigenvalue weighted by molar-refractivity contribution is 9.10. The number of hydrogen-bond acceptors (Lipinski definition) is 5. The zero-order valence-electron chi connectivity index (χ0n) is 10.2. The van der Waals surface area contributed by atoms with Crippen LogP contribution in [0.15, 0.2) is 26.2 Å². The second-order valence-electron chi connectivity index (χ2n) is 3.78. The summed E-state index contributed by atoms with van der Waals surface area (Å²) in [7, 11) is -3.98. The van der Waals surface area contributed by atoms with E-state index in [4.69, 9.17) is 9.52 Å². The standard InChI is InChI=1S/C10H10BrN3O5S/c1-2-5-4-12-13-9(5)14-20(17,18)7-3-6(10(15)16)19-8(7)11/h3-4H,2H2,1H3,(H,15,16)(H2,12,13,14). The zero-order valence-corrected chi connectivity index (χ0v) is 12.6. The van der Waals surface area contributed by atoms with E-state index in [0.717, 1.165) is 6.07 Å². The molecule has 2 aromatic rings. The number of sulfonamides is 1. The van der Waals surface area contributed by atoms with Crippen molar-refractivity contribution in [3.63, 3.8) is 0 Å². The molecule has 0 unspecified atom stereocenters. The van der Waals surface area contributed by atoms with Gasteiger partial charge in [0.1, 0.15) is 10.7 Å². The summed E-state index contributed by atoms with van der Waals surface area (Å²) < 4.78 is 31.3. The SMILES string of the molecule is CCc1cn[nH]c1NS(=O)(=O)c1cc(C(=O)O)oc1Br. The molecule has 8 nitrogen and oxygen atoms in total. The predicted octanol–water partition coefficient (Wildman–Crippen LogP) is 1.83. The van der Waals surface area contributed by atoms with E-state index in [1.807, 2.05) is 6.92 Å². The number of carbonyl (C=O) groups is 1. The fourth-order valence-corrected chi connectivity index (χ4v) is 3.50. The van der Waals surface area contributed by atoms with E-state index in [1.165, 1.54) is 6.20 Å². The second-order valence-corrected chi connectivity index (χ2v) is 6.15. The summed E-state index contributed by atoms with van der Waals surface area (Å²) in [6.45, 7) is 1.85. The first-order valence-electron chi connectivity index (χ1n) is 5.43. The Bertz CT molecular complexity index is 749. The summed E-state index contributed by atoms with van der Waals surface area (Å²) in [4.78, 5) is 10.5. The van der Waals surface area contributed by atoms with Gasteiger partial charge >= 0.3 is 5.97 Å². The average molecular weight is 364 g/mol. The van der Waals surface area contributed by atoms with Crippen molar-refractivity contribution < 1.29 is 22.7 Å². The van der Waals surface area contributed by atoms with Crippen molar-refractivity contribution in [3.05, 3.63) is 28.3 Å². The summed E-state index contributed by atoms with van der Waals surface area (Å²) in [6, 6.07) is 0.927. The van der Waals surface area contributed by atoms with E-state index < -0.39 is 21.8 Å². The van der Waals surface area contributed by atoms with E-state index in [1.54, 1.807) is 0 Å². The molecule has 0 saturated carbocycles. The molecule has 0 atom stereocenters. The van der Waals surface area contributed by atoms with Gasteiger partial charge in [-0.3, -0.25) is 9.82 Å². The van der Waals surface area contributed by atoms with Crippen LogP contribution in [0.2, 0.25) is 0 Å². The van der Waals surface area contributed by atoms with Gasteiger partial charge in [0.15, 0.2) is 4.67 Å². The van der Waals surface area contributed by atoms with Crippen LogP contribution in [-0.4, -0.2) is 29.7 Å². The molecule has 0 radical (unpaired) electrons. The van der Waals surface area contributed by atoms with E-state index in [2.05, 4.69) is 30.8 Å². The van der Waals surface area contributed by atoms with Crippen LogP contribution in [0, 0.1) is 0 Å². The molecule has 0 amide bonds. The van der Waals surface area contributed by atoms with Crippen molar-refractivity contribution >= 4 is 37.7 Å². The Hall–Kier alpha value is -1.81. The van der Waals surface area contributed by atoms with Crippen molar-refractivity contribution in [1.29, 1.82) is 0 Å². The first-order chi connectivity index (χ1) is 9.35. The molecule has 108 valence electrons. The lowest BCUT2D eigenvalue weighted by atomic mass is 10.3. The fourth-order valence-electron chi connectivity index (χ4n) is 1.50. The van der Waals surface area contributed by atoms with E-state index >= 15 is 0 Å². The first kappa shape index (κ1) is 14.6. The lowest BCUT2D eigenvalue weighted by Crippen LogP contribution is -2.14. The Morgan fingerprint density at radius 3 is 2.85 bits per heavy atom. The molecule has 0 aliphatic carbocycles. The minimum absolute atomic E-state index is 0.181. The van der Waals surface area contributed by atoms with Gasteiger partial charge < -0.3 is 9.52 Å². The zero-order chi connectivity index (χ0) is 14.9. The Labute approximate surface area is 122 Å². The van der Waals surface area contributed by atoms with Crippen LogP contribution >= 0.6 is 15.9 Å². The summed E-state index contributed by atoms with van der Waals surface area (Å²) in [5, 5.41) is 15.1. The van der Waals surface area contributed by atoms with Crippen LogP contribution in [0.1, 0.15) is 23.0 Å². The molecular formula is C10H10BrN3O5S. The lowest BCUT2D eigenvalue weighted by Gasteiger charge is -2.05. The topological polar surface area (TPSA) is 125 Å². The Morgan fingerprint density at radius 1 is 1.60 bits per heavy atom. The highest BCUT2D eigenvalue weighted by atomic mass is 79.9. The molecule has 2 rings (SSSR count). The Morgan fingerprint density at radius 2 is 2.30 bits per heavy atom. The number of carboxylic acid groups (broad SMARTS) is 1. The Balaban J connectivity index is 2.38. The molecule has 10 heteroatoms. The summed E-state index contributed by atoms with van der Waals surface area (Å²) in [5.74, 6) is -1.60. The highest BCUT2D eigenvalue weighted by Gasteiger charge is 2.26. The quantitative estimate of drug-likeness (QED) is 0.743. The van der Waals surface area contributed by atoms with Gasteiger partial charge in [-0.25, -0.2) is 13.2 Å². The third-order valence-corrected chi connectivity index (χ3v) is 4.70. The van der Waals surface area contributed by atoms with Gasteiger partial charge in [-0.2, -0.15) is 5.10 Å². The average Bonchev–Trinajstić information content (AvgIpc) is 2.95. The molecular weight excluding hydrogens is 354 g/mol. The van der Waals surface area contributed by atoms with E-state index in [0.29, 0.717) is 12.0 Å². The second kappa shape index (κ2) is 5.29. The molecule has 0 aliphatic heterocycles. The normalized spacial score (nSPS) is 11.5. The third kappa shape index (κ3) is 2.70. The number of furan rings is 1. The largest absolute Gasteiger partial charge is 0.475 e. The number of aromatic nitrogens is 2. The van der Waals surface area contributed by atoms with Gasteiger partial charge in [-0.1, -0.05) is 6.92 Å². The van der Waals surface area contributed by atoms with Crippen LogP contribution in [0.3, 0.4) is 0 Å². The van der Waals surface area contributed by atoms with Gasteiger partial charge in [0.05, 0.1) is 6.20 Å². The number of aryl methyl sites for hydroxylation is 1. The molecule has 3 N–H and O–H groups in total. The molecule has 0 fully saturated rings. The Kier molecular flexibility index (Phi) is 3.86. The first-order valence-corrected chi connectivity index (χ1v) is 7.70. The van der Waals surface area contributed by atoms with Crippen molar-refractivity contribution in [3.8, 4) is 0 Å². The number of H-pyrrole nitrogens is 1. The highest BCUT2D eigenvalue weighted by Crippen LogP contribution is 2.28. The van der Waals surface area contributed by atoms with Crippen LogP contribution in [0.25, 0.3) is 0 Å². The van der Waals surface area contributed by atoms with Gasteiger partial charge in [0, 0.05) is 11.6 Å². The van der Waals surface area contributed by atoms with Crippen LogP contribution < -0.4 is 4.72 Å². The molecule has 2 aromatic heterocycles. The van der Waals surface area contributed by atoms with Gasteiger partial charge in [-0.15, -0.1) is 0 Å². The molecule has 0 saturated heterocycles. The van der Waals surface area contributed by atoms with Crippen LogP contribution in [0.5, 0.6) is 0 Å². The molecule has 20 heavy (non-hydrogen) atoms. The number of aromatic carboxylic acids is 1. The maximum atomic E-state index is 12.2. The molecule has 2 heterocycles. The van der Waals surface area contributed by atoms with E-state index in [9.17, 15) is 13.2 Å². The number of anilines is 1. The van der Waals surface area contributed by atoms with Crippen molar-refractivity contribution in [2.45, 2.75) is 18.2 Å². The number of aromatic amines is 1.